The lowest BCUT2D eigenvalue weighted by molar-refractivity contribution is 0.0600. The van der Waals surface area contributed by atoms with Gasteiger partial charge >= 0.3 is 5.97 Å². The molecule has 0 saturated heterocycles. The van der Waals surface area contributed by atoms with E-state index < -0.39 is 0 Å². The van der Waals surface area contributed by atoms with E-state index in [-0.39, 0.29) is 5.97 Å². The minimum Gasteiger partial charge on any atom is -0.465 e. The molecule has 0 aliphatic heterocycles. The molecule has 0 fully saturated rings. The highest BCUT2D eigenvalue weighted by Gasteiger charge is 2.07. The highest BCUT2D eigenvalue weighted by atomic mass is 127. The van der Waals surface area contributed by atoms with Crippen LogP contribution in [0, 0.1) is 10.5 Å². The van der Waals surface area contributed by atoms with Crippen molar-refractivity contribution in [1.82, 2.24) is 0 Å². The Balaban J connectivity index is 3.09. The van der Waals surface area contributed by atoms with Gasteiger partial charge in [0.2, 0.25) is 0 Å². The fourth-order valence-electron chi connectivity index (χ4n) is 0.966. The number of rotatable bonds is 1. The lowest BCUT2D eigenvalue weighted by atomic mass is 10.1. The van der Waals surface area contributed by atoms with Crippen LogP contribution in [0.5, 0.6) is 0 Å². The minimum atomic E-state index is -0.274. The molecule has 0 aliphatic rings. The molecule has 3 heteroatoms. The molecule has 0 radical (unpaired) electrons. The van der Waals surface area contributed by atoms with E-state index in [1.807, 2.05) is 19.1 Å². The molecule has 0 N–H and O–H groups in total. The van der Waals surface area contributed by atoms with Crippen molar-refractivity contribution in [2.45, 2.75) is 6.92 Å². The van der Waals surface area contributed by atoms with Gasteiger partial charge in [-0.3, -0.25) is 0 Å². The zero-order chi connectivity index (χ0) is 9.14. The number of benzene rings is 1. The van der Waals surface area contributed by atoms with E-state index in [4.69, 9.17) is 0 Å². The maximum Gasteiger partial charge on any atom is 0.338 e. The van der Waals surface area contributed by atoms with Crippen molar-refractivity contribution in [1.29, 1.82) is 0 Å². The van der Waals surface area contributed by atoms with Gasteiger partial charge < -0.3 is 4.74 Å². The number of methoxy groups -OCH3 is 1. The molecule has 1 rings (SSSR count). The van der Waals surface area contributed by atoms with Gasteiger partial charge in [-0.2, -0.15) is 0 Å². The van der Waals surface area contributed by atoms with E-state index in [1.54, 1.807) is 6.07 Å². The number of carbonyl (C=O) groups is 1. The van der Waals surface area contributed by atoms with Crippen LogP contribution in [0.25, 0.3) is 0 Å². The van der Waals surface area contributed by atoms with E-state index >= 15 is 0 Å². The van der Waals surface area contributed by atoms with E-state index in [1.165, 1.54) is 7.11 Å². The van der Waals surface area contributed by atoms with Crippen molar-refractivity contribution in [3.63, 3.8) is 0 Å². The van der Waals surface area contributed by atoms with Gasteiger partial charge in [0, 0.05) is 3.57 Å². The second-order valence-corrected chi connectivity index (χ2v) is 3.70. The lowest BCUT2D eigenvalue weighted by Crippen LogP contribution is -2.03. The van der Waals surface area contributed by atoms with Crippen LogP contribution in [0.4, 0.5) is 0 Å². The Morgan fingerprint density at radius 2 is 2.17 bits per heavy atom. The van der Waals surface area contributed by atoms with Crippen LogP contribution in [0.3, 0.4) is 0 Å². The third kappa shape index (κ3) is 1.97. The van der Waals surface area contributed by atoms with Crippen LogP contribution < -0.4 is 0 Å². The molecular weight excluding hydrogens is 267 g/mol. The average Bonchev–Trinajstić information content (AvgIpc) is 2.03. The van der Waals surface area contributed by atoms with E-state index in [0.717, 1.165) is 9.13 Å². The zero-order valence-corrected chi connectivity index (χ0v) is 9.08. The van der Waals surface area contributed by atoms with Gasteiger partial charge in [0.25, 0.3) is 0 Å². The summed E-state index contributed by atoms with van der Waals surface area (Å²) in [6.07, 6.45) is 0. The number of hydrogen-bond donors (Lipinski definition) is 0. The normalized spacial score (nSPS) is 9.58. The van der Waals surface area contributed by atoms with Crippen LogP contribution in [0.1, 0.15) is 15.9 Å². The smallest absolute Gasteiger partial charge is 0.338 e. The molecule has 0 heterocycles. The monoisotopic (exact) mass is 276 g/mol. The zero-order valence-electron chi connectivity index (χ0n) is 6.93. The minimum absolute atomic E-state index is 0.274. The standard InChI is InChI=1S/C9H9IO2/c1-6-5-7(10)3-4-8(6)9(11)12-2/h3-5H,1-2H3. The maximum absolute atomic E-state index is 11.1. The maximum atomic E-state index is 11.1. The molecule has 1 aromatic rings. The summed E-state index contributed by atoms with van der Waals surface area (Å²) < 4.78 is 5.74. The van der Waals surface area contributed by atoms with Crippen molar-refractivity contribution >= 4 is 28.6 Å². The van der Waals surface area contributed by atoms with Crippen LogP contribution in [-0.4, -0.2) is 13.1 Å². The Morgan fingerprint density at radius 1 is 1.50 bits per heavy atom. The molecule has 12 heavy (non-hydrogen) atoms. The molecule has 0 unspecified atom stereocenters. The molecule has 0 bridgehead atoms. The second kappa shape index (κ2) is 3.89. The quantitative estimate of drug-likeness (QED) is 0.581. The molecule has 0 aromatic heterocycles. The Labute approximate surface area is 85.1 Å². The first-order valence-corrected chi connectivity index (χ1v) is 4.57. The van der Waals surface area contributed by atoms with Crippen molar-refractivity contribution in [3.05, 3.63) is 32.9 Å². The topological polar surface area (TPSA) is 26.3 Å². The van der Waals surface area contributed by atoms with Gasteiger partial charge in [0.1, 0.15) is 0 Å². The van der Waals surface area contributed by atoms with Gasteiger partial charge in [-0.15, -0.1) is 0 Å². The molecule has 0 saturated carbocycles. The fourth-order valence-corrected chi connectivity index (χ4v) is 1.61. The lowest BCUT2D eigenvalue weighted by Gasteiger charge is -2.02. The summed E-state index contributed by atoms with van der Waals surface area (Å²) in [7, 11) is 1.39. The summed E-state index contributed by atoms with van der Waals surface area (Å²) in [6, 6.07) is 5.62. The summed E-state index contributed by atoms with van der Waals surface area (Å²) in [5.41, 5.74) is 1.59. The van der Waals surface area contributed by atoms with Gasteiger partial charge in [0.15, 0.2) is 0 Å². The first-order valence-electron chi connectivity index (χ1n) is 3.49. The first-order chi connectivity index (χ1) is 5.65. The summed E-state index contributed by atoms with van der Waals surface area (Å²) in [5, 5.41) is 0. The number of halogens is 1. The molecule has 0 amide bonds. The van der Waals surface area contributed by atoms with Crippen LogP contribution >= 0.6 is 22.6 Å². The molecule has 64 valence electrons. The molecule has 0 spiro atoms. The number of carbonyl (C=O) groups excluding carboxylic acids is 1. The summed E-state index contributed by atoms with van der Waals surface area (Å²) in [6.45, 7) is 1.90. The number of hydrogen-bond acceptors (Lipinski definition) is 2. The van der Waals surface area contributed by atoms with E-state index in [2.05, 4.69) is 27.3 Å². The highest BCUT2D eigenvalue weighted by Crippen LogP contribution is 2.13. The number of aryl methyl sites for hydroxylation is 1. The molecule has 1 aromatic carbocycles. The van der Waals surface area contributed by atoms with Gasteiger partial charge in [-0.1, -0.05) is 0 Å². The number of ether oxygens (including phenoxy) is 1. The molecule has 0 aliphatic carbocycles. The van der Waals surface area contributed by atoms with Gasteiger partial charge in [-0.25, -0.2) is 4.79 Å². The third-order valence-corrected chi connectivity index (χ3v) is 2.26. The fraction of sp³-hybridized carbons (Fsp3) is 0.222. The summed E-state index contributed by atoms with van der Waals surface area (Å²) in [5.74, 6) is -0.274. The third-order valence-electron chi connectivity index (χ3n) is 1.59. The predicted molar refractivity (Wildman–Crippen MR) is 55.2 cm³/mol. The van der Waals surface area contributed by atoms with Crippen molar-refractivity contribution in [3.8, 4) is 0 Å². The van der Waals surface area contributed by atoms with E-state index in [9.17, 15) is 4.79 Å². The van der Waals surface area contributed by atoms with Crippen molar-refractivity contribution in [2.75, 3.05) is 7.11 Å². The average molecular weight is 276 g/mol. The Morgan fingerprint density at radius 3 is 2.67 bits per heavy atom. The SMILES string of the molecule is COC(=O)c1ccc(I)cc1C. The Bertz CT molecular complexity index is 307. The number of esters is 1. The van der Waals surface area contributed by atoms with Crippen molar-refractivity contribution < 1.29 is 9.53 Å². The van der Waals surface area contributed by atoms with Crippen LogP contribution in [-0.2, 0) is 4.74 Å². The summed E-state index contributed by atoms with van der Waals surface area (Å²) >= 11 is 2.21. The Kier molecular flexibility index (Phi) is 3.08. The van der Waals surface area contributed by atoms with E-state index in [0.29, 0.717) is 5.56 Å². The van der Waals surface area contributed by atoms with Gasteiger partial charge in [0.05, 0.1) is 12.7 Å². The first kappa shape index (κ1) is 9.51. The molecular formula is C9H9IO2. The second-order valence-electron chi connectivity index (χ2n) is 2.45. The largest absolute Gasteiger partial charge is 0.465 e. The van der Waals surface area contributed by atoms with Gasteiger partial charge in [-0.05, 0) is 53.3 Å². The Hall–Kier alpha value is -0.580. The molecule has 0 atom stereocenters. The highest BCUT2D eigenvalue weighted by molar-refractivity contribution is 14.1. The summed E-state index contributed by atoms with van der Waals surface area (Å²) in [4.78, 5) is 11.1. The predicted octanol–water partition coefficient (Wildman–Crippen LogP) is 2.39. The van der Waals surface area contributed by atoms with Crippen LogP contribution in [0.15, 0.2) is 18.2 Å². The van der Waals surface area contributed by atoms with Crippen molar-refractivity contribution in [2.24, 2.45) is 0 Å². The van der Waals surface area contributed by atoms with Crippen LogP contribution in [0.2, 0.25) is 0 Å². The molecule has 2 nitrogen and oxygen atoms in total.